The van der Waals surface area contributed by atoms with Crippen LogP contribution in [0.1, 0.15) is 18.9 Å². The number of nitriles is 1. The molecule has 0 atom stereocenters. The van der Waals surface area contributed by atoms with Gasteiger partial charge in [0.05, 0.1) is 23.0 Å². The van der Waals surface area contributed by atoms with Crippen LogP contribution in [0.3, 0.4) is 0 Å². The van der Waals surface area contributed by atoms with Gasteiger partial charge in [0.25, 0.3) is 0 Å². The Balaban J connectivity index is 2.28. The number of anilines is 2. The topological polar surface area (TPSA) is 76.4 Å². The highest BCUT2D eigenvalue weighted by Crippen LogP contribution is 2.35. The Bertz CT molecular complexity index is 704. The molecule has 0 radical (unpaired) electrons. The van der Waals surface area contributed by atoms with Gasteiger partial charge in [0.15, 0.2) is 0 Å². The summed E-state index contributed by atoms with van der Waals surface area (Å²) in [5.74, 6) is -0.736. The molecule has 0 aliphatic carbocycles. The first-order chi connectivity index (χ1) is 11.7. The lowest BCUT2D eigenvalue weighted by Gasteiger charge is -2.36. The number of alkyl halides is 3. The third-order valence-electron chi connectivity index (χ3n) is 3.90. The molecule has 1 aromatic rings. The van der Waals surface area contributed by atoms with Gasteiger partial charge in [0, 0.05) is 33.1 Å². The summed E-state index contributed by atoms with van der Waals surface area (Å²) in [5, 5.41) is 10.9. The zero-order chi connectivity index (χ0) is 18.6. The van der Waals surface area contributed by atoms with Crippen molar-refractivity contribution in [3.8, 4) is 6.07 Å². The van der Waals surface area contributed by atoms with E-state index in [0.717, 1.165) is 12.1 Å². The number of amides is 2. The Morgan fingerprint density at radius 3 is 2.40 bits per heavy atom. The summed E-state index contributed by atoms with van der Waals surface area (Å²) in [6.45, 7) is 3.23. The lowest BCUT2D eigenvalue weighted by atomic mass is 10.1. The van der Waals surface area contributed by atoms with Gasteiger partial charge in [-0.05, 0) is 18.2 Å². The summed E-state index contributed by atoms with van der Waals surface area (Å²) in [6, 6.07) is 4.77. The molecule has 1 heterocycles. The first-order valence-corrected chi connectivity index (χ1v) is 7.61. The molecule has 134 valence electrons. The van der Waals surface area contributed by atoms with Crippen LogP contribution >= 0.6 is 0 Å². The summed E-state index contributed by atoms with van der Waals surface area (Å²) >= 11 is 0. The molecular weight excluding hydrogens is 337 g/mol. The highest BCUT2D eigenvalue weighted by Gasteiger charge is 2.32. The number of carbonyl (C=O) groups is 2. The molecule has 25 heavy (non-hydrogen) atoms. The van der Waals surface area contributed by atoms with Gasteiger partial charge >= 0.3 is 6.18 Å². The van der Waals surface area contributed by atoms with Crippen molar-refractivity contribution in [2.45, 2.75) is 19.5 Å². The van der Waals surface area contributed by atoms with Crippen molar-refractivity contribution in [2.75, 3.05) is 36.4 Å². The Morgan fingerprint density at radius 1 is 1.24 bits per heavy atom. The zero-order valence-corrected chi connectivity index (χ0v) is 13.6. The van der Waals surface area contributed by atoms with Crippen LogP contribution in [0.4, 0.5) is 24.5 Å². The van der Waals surface area contributed by atoms with Crippen LogP contribution in [-0.2, 0) is 15.8 Å². The lowest BCUT2D eigenvalue weighted by Crippen LogP contribution is -2.48. The number of piperazine rings is 1. The molecule has 1 aromatic carbocycles. The van der Waals surface area contributed by atoms with Gasteiger partial charge in [-0.3, -0.25) is 9.59 Å². The second-order valence-corrected chi connectivity index (χ2v) is 5.61. The molecule has 2 amide bonds. The van der Waals surface area contributed by atoms with E-state index in [1.165, 1.54) is 13.0 Å². The summed E-state index contributed by atoms with van der Waals surface area (Å²) in [7, 11) is 0. The smallest absolute Gasteiger partial charge is 0.366 e. The van der Waals surface area contributed by atoms with Crippen molar-refractivity contribution < 1.29 is 22.8 Å². The Hall–Kier alpha value is -2.76. The first kappa shape index (κ1) is 18.6. The minimum Gasteiger partial charge on any atom is -0.366 e. The van der Waals surface area contributed by atoms with Gasteiger partial charge in [0.2, 0.25) is 11.8 Å². The number of hydrogen-bond donors (Lipinski definition) is 1. The summed E-state index contributed by atoms with van der Waals surface area (Å²) < 4.78 is 38.8. The quantitative estimate of drug-likeness (QED) is 0.903. The minimum atomic E-state index is -4.54. The number of halogens is 3. The average Bonchev–Trinajstić information content (AvgIpc) is 2.54. The first-order valence-electron chi connectivity index (χ1n) is 7.61. The van der Waals surface area contributed by atoms with Crippen LogP contribution < -0.4 is 10.2 Å². The number of nitrogens with zero attached hydrogens (tertiary/aromatic N) is 3. The number of rotatable bonds is 3. The normalized spacial score (nSPS) is 14.8. The molecule has 0 bridgehead atoms. The molecule has 0 saturated carbocycles. The van der Waals surface area contributed by atoms with Crippen molar-refractivity contribution in [1.82, 2.24) is 4.90 Å². The summed E-state index contributed by atoms with van der Waals surface area (Å²) in [4.78, 5) is 26.5. The second kappa shape index (κ2) is 7.42. The Labute approximate surface area is 142 Å². The Kier molecular flexibility index (Phi) is 5.51. The van der Waals surface area contributed by atoms with Crippen LogP contribution in [0.15, 0.2) is 18.2 Å². The number of benzene rings is 1. The zero-order valence-electron chi connectivity index (χ0n) is 13.6. The number of hydrogen-bond acceptors (Lipinski definition) is 4. The molecule has 6 nitrogen and oxygen atoms in total. The molecule has 1 fully saturated rings. The molecule has 0 aromatic heterocycles. The molecule has 1 N–H and O–H groups in total. The monoisotopic (exact) mass is 354 g/mol. The van der Waals surface area contributed by atoms with E-state index < -0.39 is 24.1 Å². The molecule has 0 spiro atoms. The van der Waals surface area contributed by atoms with Crippen molar-refractivity contribution in [1.29, 1.82) is 5.26 Å². The largest absolute Gasteiger partial charge is 0.416 e. The van der Waals surface area contributed by atoms with Crippen LogP contribution in [0.5, 0.6) is 0 Å². The fourth-order valence-corrected chi connectivity index (χ4v) is 2.62. The summed E-state index contributed by atoms with van der Waals surface area (Å²) in [5.41, 5.74) is -0.445. The SMILES string of the molecule is CC(=O)N1CCN(c2ccc(C(F)(F)F)cc2NC(=O)CC#N)CC1. The number of carbonyl (C=O) groups excluding carboxylic acids is 2. The van der Waals surface area contributed by atoms with Gasteiger partial charge < -0.3 is 15.1 Å². The molecule has 2 rings (SSSR count). The van der Waals surface area contributed by atoms with Crippen molar-refractivity contribution in [2.24, 2.45) is 0 Å². The molecular formula is C16H17F3N4O2. The maximum absolute atomic E-state index is 12.9. The predicted molar refractivity (Wildman–Crippen MR) is 84.8 cm³/mol. The Morgan fingerprint density at radius 2 is 1.88 bits per heavy atom. The van der Waals surface area contributed by atoms with Crippen LogP contribution in [0, 0.1) is 11.3 Å². The third-order valence-corrected chi connectivity index (χ3v) is 3.90. The third kappa shape index (κ3) is 4.62. The highest BCUT2D eigenvalue weighted by molar-refractivity contribution is 5.95. The molecule has 1 saturated heterocycles. The molecule has 1 aliphatic heterocycles. The van der Waals surface area contributed by atoms with Crippen LogP contribution in [0.2, 0.25) is 0 Å². The fraction of sp³-hybridized carbons (Fsp3) is 0.438. The maximum atomic E-state index is 12.9. The average molecular weight is 354 g/mol. The van der Waals surface area contributed by atoms with Crippen molar-refractivity contribution in [3.05, 3.63) is 23.8 Å². The van der Waals surface area contributed by atoms with E-state index in [1.807, 2.05) is 4.90 Å². The summed E-state index contributed by atoms with van der Waals surface area (Å²) in [6.07, 6.45) is -4.99. The predicted octanol–water partition coefficient (Wildman–Crippen LogP) is 2.23. The van der Waals surface area contributed by atoms with Gasteiger partial charge in [-0.1, -0.05) is 0 Å². The van der Waals surface area contributed by atoms with E-state index in [1.54, 1.807) is 11.0 Å². The van der Waals surface area contributed by atoms with Gasteiger partial charge in [-0.15, -0.1) is 0 Å². The van der Waals surface area contributed by atoms with E-state index in [0.29, 0.717) is 31.9 Å². The van der Waals surface area contributed by atoms with Gasteiger partial charge in [-0.2, -0.15) is 18.4 Å². The van der Waals surface area contributed by atoms with Crippen LogP contribution in [0.25, 0.3) is 0 Å². The second-order valence-electron chi connectivity index (χ2n) is 5.61. The standard InChI is InChI=1S/C16H17F3N4O2/c1-11(24)22-6-8-23(9-7-22)14-3-2-12(16(17,18)19)10-13(14)21-15(25)4-5-20/h2-3,10H,4,6-9H2,1H3,(H,21,25). The minimum absolute atomic E-state index is 0.00588. The maximum Gasteiger partial charge on any atom is 0.416 e. The van der Waals surface area contributed by atoms with E-state index >= 15 is 0 Å². The highest BCUT2D eigenvalue weighted by atomic mass is 19.4. The molecule has 1 aliphatic rings. The molecule has 0 unspecified atom stereocenters. The van der Waals surface area contributed by atoms with E-state index in [9.17, 15) is 22.8 Å². The molecule has 9 heteroatoms. The van der Waals surface area contributed by atoms with E-state index in [2.05, 4.69) is 5.32 Å². The number of nitrogens with one attached hydrogen (secondary N) is 1. The lowest BCUT2D eigenvalue weighted by molar-refractivity contribution is -0.137. The van der Waals surface area contributed by atoms with Crippen molar-refractivity contribution in [3.63, 3.8) is 0 Å². The van der Waals surface area contributed by atoms with Gasteiger partial charge in [0.1, 0.15) is 6.42 Å². The van der Waals surface area contributed by atoms with Gasteiger partial charge in [-0.25, -0.2) is 0 Å². The van der Waals surface area contributed by atoms with E-state index in [-0.39, 0.29) is 11.6 Å². The van der Waals surface area contributed by atoms with Crippen molar-refractivity contribution >= 4 is 23.2 Å². The fourth-order valence-electron chi connectivity index (χ4n) is 2.62. The van der Waals surface area contributed by atoms with E-state index in [4.69, 9.17) is 5.26 Å². The van der Waals surface area contributed by atoms with Crippen LogP contribution in [-0.4, -0.2) is 42.9 Å².